The van der Waals surface area contributed by atoms with Gasteiger partial charge in [-0.15, -0.1) is 0 Å². The fraction of sp³-hybridized carbons (Fsp3) is 0.917. The van der Waals surface area contributed by atoms with Crippen molar-refractivity contribution >= 4 is 13.6 Å². The first-order chi connectivity index (χ1) is 8.21. The van der Waals surface area contributed by atoms with E-state index in [1.807, 2.05) is 6.92 Å². The predicted molar refractivity (Wildman–Crippen MR) is 70.5 cm³/mol. The zero-order valence-corrected chi connectivity index (χ0v) is 13.0. The van der Waals surface area contributed by atoms with Crippen molar-refractivity contribution in [3.63, 3.8) is 0 Å². The first-order valence-corrected chi connectivity index (χ1v) is 7.98. The van der Waals surface area contributed by atoms with Crippen molar-refractivity contribution in [3.8, 4) is 0 Å². The van der Waals surface area contributed by atoms with Crippen molar-refractivity contribution in [3.05, 3.63) is 0 Å². The lowest BCUT2D eigenvalue weighted by Crippen LogP contribution is -2.21. The third-order valence-electron chi connectivity index (χ3n) is 1.92. The zero-order chi connectivity index (χ0) is 14.3. The van der Waals surface area contributed by atoms with Gasteiger partial charge in [-0.25, -0.2) is 0 Å². The lowest BCUT2D eigenvalue weighted by atomic mass is 10.3. The van der Waals surface area contributed by atoms with E-state index in [1.54, 1.807) is 34.6 Å². The lowest BCUT2D eigenvalue weighted by Gasteiger charge is -2.27. The number of rotatable bonds is 8. The van der Waals surface area contributed by atoms with Gasteiger partial charge in [0.15, 0.2) is 5.85 Å². The minimum Gasteiger partial charge on any atom is -0.450 e. The number of hydrogen-bond donors (Lipinski definition) is 0. The maximum Gasteiger partial charge on any atom is 0.371 e. The van der Waals surface area contributed by atoms with Crippen LogP contribution in [0, 0.1) is 0 Å². The van der Waals surface area contributed by atoms with Gasteiger partial charge in [0.1, 0.15) is 0 Å². The van der Waals surface area contributed by atoms with Crippen LogP contribution in [-0.2, 0) is 23.1 Å². The van der Waals surface area contributed by atoms with Crippen LogP contribution < -0.4 is 0 Å². The predicted octanol–water partition coefficient (Wildman–Crippen LogP) is 3.72. The molecule has 0 bridgehead atoms. The Morgan fingerprint density at radius 2 is 1.50 bits per heavy atom. The fourth-order valence-electron chi connectivity index (χ4n) is 1.30. The quantitative estimate of drug-likeness (QED) is 0.501. The van der Waals surface area contributed by atoms with Crippen LogP contribution in [0.4, 0.5) is 0 Å². The van der Waals surface area contributed by atoms with Crippen LogP contribution in [0.3, 0.4) is 0 Å². The van der Waals surface area contributed by atoms with Crippen molar-refractivity contribution < 1.29 is 23.1 Å². The molecule has 0 aliphatic heterocycles. The smallest absolute Gasteiger partial charge is 0.371 e. The highest BCUT2D eigenvalue weighted by atomic mass is 31.2. The second-order valence-electron chi connectivity index (χ2n) is 4.69. The molecule has 1 unspecified atom stereocenters. The summed E-state index contributed by atoms with van der Waals surface area (Å²) in [5, 5.41) is 0. The van der Waals surface area contributed by atoms with Gasteiger partial charge in [-0.2, -0.15) is 0 Å². The molecule has 0 aromatic carbocycles. The van der Waals surface area contributed by atoms with Crippen LogP contribution in [0.2, 0.25) is 0 Å². The Labute approximate surface area is 110 Å². The molecule has 0 saturated heterocycles. The highest BCUT2D eigenvalue weighted by Gasteiger charge is 2.37. The molecule has 0 aromatic heterocycles. The van der Waals surface area contributed by atoms with E-state index in [4.69, 9.17) is 13.8 Å². The van der Waals surface area contributed by atoms with E-state index in [-0.39, 0.29) is 18.2 Å². The number of carbonyl (C=O) groups excluding carboxylic acids is 1. The summed E-state index contributed by atoms with van der Waals surface area (Å²) in [5.74, 6) is -1.27. The Balaban J connectivity index is 4.73. The standard InChI is InChI=1S/C12H25O5P/c1-7-8-12(13)15-11(6)18(14,16-9(2)3)17-10(4)5/h9-11H,7-8H2,1-6H3. The second kappa shape index (κ2) is 7.93. The van der Waals surface area contributed by atoms with Gasteiger partial charge in [0.25, 0.3) is 0 Å². The van der Waals surface area contributed by atoms with Gasteiger partial charge in [0.05, 0.1) is 12.2 Å². The zero-order valence-electron chi connectivity index (χ0n) is 12.1. The summed E-state index contributed by atoms with van der Waals surface area (Å²) in [4.78, 5) is 11.4. The summed E-state index contributed by atoms with van der Waals surface area (Å²) in [7, 11) is -3.44. The largest absolute Gasteiger partial charge is 0.450 e. The van der Waals surface area contributed by atoms with E-state index in [0.717, 1.165) is 0 Å². The Kier molecular flexibility index (Phi) is 7.76. The summed E-state index contributed by atoms with van der Waals surface area (Å²) in [6.07, 6.45) is 0.462. The van der Waals surface area contributed by atoms with E-state index in [9.17, 15) is 9.36 Å². The number of carbonyl (C=O) groups is 1. The molecule has 0 aliphatic carbocycles. The van der Waals surface area contributed by atoms with E-state index < -0.39 is 13.4 Å². The third kappa shape index (κ3) is 6.53. The lowest BCUT2D eigenvalue weighted by molar-refractivity contribution is -0.146. The molecule has 0 amide bonds. The molecule has 0 rings (SSSR count). The first kappa shape index (κ1) is 17.6. The van der Waals surface area contributed by atoms with Crippen molar-refractivity contribution in [2.45, 2.75) is 72.4 Å². The monoisotopic (exact) mass is 280 g/mol. The van der Waals surface area contributed by atoms with Gasteiger partial charge in [0, 0.05) is 6.42 Å². The Morgan fingerprint density at radius 1 is 1.06 bits per heavy atom. The van der Waals surface area contributed by atoms with Crippen LogP contribution in [0.15, 0.2) is 0 Å². The molecular formula is C12H25O5P. The van der Waals surface area contributed by atoms with Gasteiger partial charge in [-0.1, -0.05) is 6.92 Å². The number of hydrogen-bond acceptors (Lipinski definition) is 5. The molecule has 0 aromatic rings. The minimum absolute atomic E-state index is 0.262. The normalized spacial score (nSPS) is 14.0. The molecule has 0 N–H and O–H groups in total. The van der Waals surface area contributed by atoms with E-state index >= 15 is 0 Å². The maximum atomic E-state index is 12.6. The van der Waals surface area contributed by atoms with E-state index in [1.165, 1.54) is 0 Å². The van der Waals surface area contributed by atoms with Gasteiger partial charge in [-0.05, 0) is 41.0 Å². The Bertz CT molecular complexity index is 287. The Morgan fingerprint density at radius 3 is 1.83 bits per heavy atom. The molecule has 5 nitrogen and oxygen atoms in total. The molecule has 0 radical (unpaired) electrons. The number of esters is 1. The molecule has 1 atom stereocenters. The molecule has 0 saturated carbocycles. The summed E-state index contributed by atoms with van der Waals surface area (Å²) in [6.45, 7) is 10.5. The third-order valence-corrected chi connectivity index (χ3v) is 4.34. The molecule has 18 heavy (non-hydrogen) atoms. The number of ether oxygens (including phenoxy) is 1. The molecule has 0 aliphatic rings. The molecule has 108 valence electrons. The van der Waals surface area contributed by atoms with Crippen LogP contribution >= 0.6 is 7.60 Å². The first-order valence-electron chi connectivity index (χ1n) is 6.37. The van der Waals surface area contributed by atoms with Crippen molar-refractivity contribution in [2.75, 3.05) is 0 Å². The van der Waals surface area contributed by atoms with Gasteiger partial charge >= 0.3 is 13.6 Å². The second-order valence-corrected chi connectivity index (χ2v) is 6.92. The molecule has 0 fully saturated rings. The fourth-order valence-corrected chi connectivity index (χ4v) is 3.12. The van der Waals surface area contributed by atoms with Crippen molar-refractivity contribution in [2.24, 2.45) is 0 Å². The summed E-state index contributed by atoms with van der Waals surface area (Å²) in [6, 6.07) is 0. The summed E-state index contributed by atoms with van der Waals surface area (Å²) < 4.78 is 28.3. The minimum atomic E-state index is -3.44. The topological polar surface area (TPSA) is 61.8 Å². The van der Waals surface area contributed by atoms with Gasteiger partial charge < -0.3 is 13.8 Å². The SMILES string of the molecule is CCCC(=O)OC(C)P(=O)(OC(C)C)OC(C)C. The molecule has 0 heterocycles. The van der Waals surface area contributed by atoms with Crippen molar-refractivity contribution in [1.82, 2.24) is 0 Å². The summed E-state index contributed by atoms with van der Waals surface area (Å²) >= 11 is 0. The van der Waals surface area contributed by atoms with E-state index in [0.29, 0.717) is 12.8 Å². The molecule has 0 spiro atoms. The van der Waals surface area contributed by atoms with Gasteiger partial charge in [0.2, 0.25) is 0 Å². The van der Waals surface area contributed by atoms with Crippen LogP contribution in [0.1, 0.15) is 54.4 Å². The molecular weight excluding hydrogens is 255 g/mol. The highest BCUT2D eigenvalue weighted by molar-refractivity contribution is 7.54. The molecule has 6 heteroatoms. The van der Waals surface area contributed by atoms with E-state index in [2.05, 4.69) is 0 Å². The van der Waals surface area contributed by atoms with Crippen LogP contribution in [0.25, 0.3) is 0 Å². The van der Waals surface area contributed by atoms with Crippen LogP contribution in [0.5, 0.6) is 0 Å². The highest BCUT2D eigenvalue weighted by Crippen LogP contribution is 2.55. The van der Waals surface area contributed by atoms with Crippen molar-refractivity contribution in [1.29, 1.82) is 0 Å². The maximum absolute atomic E-state index is 12.6. The average molecular weight is 280 g/mol. The Hall–Kier alpha value is -0.380. The van der Waals surface area contributed by atoms with Crippen LogP contribution in [-0.4, -0.2) is 24.0 Å². The van der Waals surface area contributed by atoms with Gasteiger partial charge in [-0.3, -0.25) is 9.36 Å². The average Bonchev–Trinajstić information content (AvgIpc) is 2.14. The summed E-state index contributed by atoms with van der Waals surface area (Å²) in [5.41, 5.74) is 0.